The lowest BCUT2D eigenvalue weighted by molar-refractivity contribution is -0.137. The van der Waals surface area contributed by atoms with Crippen LogP contribution in [0.3, 0.4) is 0 Å². The molecule has 1 aliphatic rings. The van der Waals surface area contributed by atoms with Crippen LogP contribution in [0.25, 0.3) is 0 Å². The summed E-state index contributed by atoms with van der Waals surface area (Å²) in [5.41, 5.74) is -1.09. The molecule has 3 N–H and O–H groups in total. The number of aliphatic imine (C=N–C) groups is 1. The summed E-state index contributed by atoms with van der Waals surface area (Å²) in [4.78, 5) is 29.6. The Morgan fingerprint density at radius 1 is 1.33 bits per heavy atom. The molecule has 1 aromatic carbocycles. The van der Waals surface area contributed by atoms with Crippen LogP contribution in [-0.4, -0.2) is 48.5 Å². The summed E-state index contributed by atoms with van der Waals surface area (Å²) in [7, 11) is 1.55. The molecule has 1 aliphatic heterocycles. The molecule has 0 bridgehead atoms. The Morgan fingerprint density at radius 2 is 2.03 bits per heavy atom. The molecule has 1 aromatic rings. The Labute approximate surface area is 174 Å². The highest BCUT2D eigenvalue weighted by atomic mass is 19.4. The average Bonchev–Trinajstić information content (AvgIpc) is 2.92. The molecule has 2 unspecified atom stereocenters. The van der Waals surface area contributed by atoms with E-state index in [0.29, 0.717) is 30.9 Å². The number of hydrogen-bond acceptors (Lipinski definition) is 3. The van der Waals surface area contributed by atoms with Crippen LogP contribution in [0.5, 0.6) is 0 Å². The Balaban J connectivity index is 1.86. The molecule has 0 aliphatic carbocycles. The van der Waals surface area contributed by atoms with Crippen molar-refractivity contribution in [3.8, 4) is 0 Å². The normalized spacial score (nSPS) is 20.9. The predicted molar refractivity (Wildman–Crippen MR) is 108 cm³/mol. The SMILES string of the molecule is CCC1(C)NC(=O)N(CCCNC(=NC)NC(C)c2cccc(C(F)(F)F)c2)C1=O. The van der Waals surface area contributed by atoms with Crippen LogP contribution in [0.1, 0.15) is 50.8 Å². The van der Waals surface area contributed by atoms with E-state index in [1.807, 2.05) is 6.92 Å². The first-order valence-electron chi connectivity index (χ1n) is 9.80. The highest BCUT2D eigenvalue weighted by Gasteiger charge is 2.45. The van der Waals surface area contributed by atoms with Crippen molar-refractivity contribution in [2.24, 2.45) is 4.99 Å². The third-order valence-electron chi connectivity index (χ3n) is 5.19. The Morgan fingerprint density at radius 3 is 2.60 bits per heavy atom. The third kappa shape index (κ3) is 5.43. The lowest BCUT2D eigenvalue weighted by atomic mass is 9.99. The van der Waals surface area contributed by atoms with Gasteiger partial charge >= 0.3 is 12.2 Å². The van der Waals surface area contributed by atoms with Gasteiger partial charge < -0.3 is 16.0 Å². The number of benzene rings is 1. The number of nitrogens with zero attached hydrogens (tertiary/aromatic N) is 2. The van der Waals surface area contributed by atoms with E-state index in [-0.39, 0.29) is 12.5 Å². The Kier molecular flexibility index (Phi) is 7.33. The van der Waals surface area contributed by atoms with Gasteiger partial charge in [0.05, 0.1) is 11.6 Å². The molecular formula is C20H28F3N5O2. The van der Waals surface area contributed by atoms with Gasteiger partial charge in [-0.2, -0.15) is 13.2 Å². The van der Waals surface area contributed by atoms with Gasteiger partial charge in [0.15, 0.2) is 5.96 Å². The highest BCUT2D eigenvalue weighted by molar-refractivity contribution is 6.06. The highest BCUT2D eigenvalue weighted by Crippen LogP contribution is 2.30. The van der Waals surface area contributed by atoms with Crippen molar-refractivity contribution in [2.75, 3.05) is 20.1 Å². The van der Waals surface area contributed by atoms with Crippen molar-refractivity contribution < 1.29 is 22.8 Å². The quantitative estimate of drug-likeness (QED) is 0.270. The summed E-state index contributed by atoms with van der Waals surface area (Å²) in [6.07, 6.45) is -3.39. The number of guanidine groups is 1. The molecule has 0 spiro atoms. The zero-order chi connectivity index (χ0) is 22.5. The molecule has 0 aromatic heterocycles. The van der Waals surface area contributed by atoms with Gasteiger partial charge in [0.2, 0.25) is 0 Å². The number of carbonyl (C=O) groups is 2. The maximum atomic E-state index is 12.9. The molecule has 7 nitrogen and oxygen atoms in total. The summed E-state index contributed by atoms with van der Waals surface area (Å²) < 4.78 is 38.7. The first kappa shape index (κ1) is 23.5. The van der Waals surface area contributed by atoms with E-state index in [9.17, 15) is 22.8 Å². The fraction of sp³-hybridized carbons (Fsp3) is 0.550. The van der Waals surface area contributed by atoms with Crippen LogP contribution in [0.4, 0.5) is 18.0 Å². The van der Waals surface area contributed by atoms with Crippen LogP contribution < -0.4 is 16.0 Å². The van der Waals surface area contributed by atoms with E-state index in [0.717, 1.165) is 12.1 Å². The van der Waals surface area contributed by atoms with E-state index < -0.39 is 29.4 Å². The summed E-state index contributed by atoms with van der Waals surface area (Å²) in [6, 6.07) is 4.31. The number of carbonyl (C=O) groups excluding carboxylic acids is 2. The second kappa shape index (κ2) is 9.36. The lowest BCUT2D eigenvalue weighted by Crippen LogP contribution is -2.43. The first-order valence-corrected chi connectivity index (χ1v) is 9.80. The van der Waals surface area contributed by atoms with Gasteiger partial charge in [-0.1, -0.05) is 19.1 Å². The van der Waals surface area contributed by atoms with Crippen LogP contribution in [-0.2, 0) is 11.0 Å². The van der Waals surface area contributed by atoms with Crippen LogP contribution in [0.15, 0.2) is 29.3 Å². The minimum atomic E-state index is -4.40. The maximum absolute atomic E-state index is 12.9. The number of nitrogens with one attached hydrogen (secondary N) is 3. The predicted octanol–water partition coefficient (Wildman–Crippen LogP) is 3.04. The second-order valence-electron chi connectivity index (χ2n) is 7.41. The number of amides is 3. The lowest BCUT2D eigenvalue weighted by Gasteiger charge is -2.20. The monoisotopic (exact) mass is 427 g/mol. The second-order valence-corrected chi connectivity index (χ2v) is 7.41. The summed E-state index contributed by atoms with van der Waals surface area (Å²) in [5.74, 6) is 0.172. The van der Waals surface area contributed by atoms with Crippen LogP contribution >= 0.6 is 0 Å². The van der Waals surface area contributed by atoms with Gasteiger partial charge in [0.25, 0.3) is 5.91 Å². The largest absolute Gasteiger partial charge is 0.416 e. The fourth-order valence-electron chi connectivity index (χ4n) is 3.10. The van der Waals surface area contributed by atoms with Gasteiger partial charge in [-0.3, -0.25) is 14.7 Å². The van der Waals surface area contributed by atoms with Crippen molar-refractivity contribution in [1.29, 1.82) is 0 Å². The summed E-state index contributed by atoms with van der Waals surface area (Å²) >= 11 is 0. The molecule has 2 atom stereocenters. The Bertz CT molecular complexity index is 812. The van der Waals surface area contributed by atoms with E-state index >= 15 is 0 Å². The minimum Gasteiger partial charge on any atom is -0.356 e. The number of alkyl halides is 3. The van der Waals surface area contributed by atoms with Crippen LogP contribution in [0, 0.1) is 0 Å². The molecule has 1 fully saturated rings. The average molecular weight is 427 g/mol. The number of halogens is 3. The van der Waals surface area contributed by atoms with E-state index in [4.69, 9.17) is 0 Å². The standard InChI is InChI=1S/C20H28F3N5O2/c1-5-19(3)16(29)28(18(30)27-19)11-7-10-25-17(24-4)26-13(2)14-8-6-9-15(12-14)20(21,22)23/h6,8-9,12-13H,5,7,10-11H2,1-4H3,(H,27,30)(H2,24,25,26). The Hall–Kier alpha value is -2.78. The molecule has 3 amide bonds. The number of rotatable bonds is 7. The van der Waals surface area contributed by atoms with Crippen molar-refractivity contribution in [3.63, 3.8) is 0 Å². The van der Waals surface area contributed by atoms with Gasteiger partial charge in [-0.05, 0) is 44.4 Å². The van der Waals surface area contributed by atoms with Crippen molar-refractivity contribution in [2.45, 2.75) is 51.4 Å². The van der Waals surface area contributed by atoms with E-state index in [1.165, 1.54) is 11.0 Å². The summed E-state index contributed by atoms with van der Waals surface area (Å²) in [5, 5.41) is 8.79. The van der Waals surface area contributed by atoms with Crippen molar-refractivity contribution in [3.05, 3.63) is 35.4 Å². The van der Waals surface area contributed by atoms with Gasteiger partial charge in [-0.15, -0.1) is 0 Å². The molecule has 1 heterocycles. The first-order chi connectivity index (χ1) is 14.0. The zero-order valence-electron chi connectivity index (χ0n) is 17.6. The fourth-order valence-corrected chi connectivity index (χ4v) is 3.10. The smallest absolute Gasteiger partial charge is 0.356 e. The van der Waals surface area contributed by atoms with Crippen molar-refractivity contribution >= 4 is 17.9 Å². The van der Waals surface area contributed by atoms with Gasteiger partial charge in [-0.25, -0.2) is 4.79 Å². The van der Waals surface area contributed by atoms with E-state index in [2.05, 4.69) is 20.9 Å². The zero-order valence-corrected chi connectivity index (χ0v) is 17.6. The minimum absolute atomic E-state index is 0.240. The molecule has 2 rings (SSSR count). The van der Waals surface area contributed by atoms with Crippen molar-refractivity contribution in [1.82, 2.24) is 20.9 Å². The summed E-state index contributed by atoms with van der Waals surface area (Å²) in [6.45, 7) is 5.96. The molecule has 1 saturated heterocycles. The number of urea groups is 1. The molecule has 0 saturated carbocycles. The number of hydrogen-bond donors (Lipinski definition) is 3. The molecular weight excluding hydrogens is 399 g/mol. The van der Waals surface area contributed by atoms with E-state index in [1.54, 1.807) is 27.0 Å². The van der Waals surface area contributed by atoms with Gasteiger partial charge in [0, 0.05) is 20.1 Å². The number of imide groups is 1. The maximum Gasteiger partial charge on any atom is 0.416 e. The molecule has 10 heteroatoms. The third-order valence-corrected chi connectivity index (χ3v) is 5.19. The molecule has 0 radical (unpaired) electrons. The van der Waals surface area contributed by atoms with Gasteiger partial charge in [0.1, 0.15) is 5.54 Å². The molecule has 166 valence electrons. The van der Waals surface area contributed by atoms with Crippen LogP contribution in [0.2, 0.25) is 0 Å². The topological polar surface area (TPSA) is 85.8 Å². The molecule has 30 heavy (non-hydrogen) atoms.